The summed E-state index contributed by atoms with van der Waals surface area (Å²) < 4.78 is 2.24. The fraction of sp³-hybridized carbons (Fsp3) is 0. The Kier molecular flexibility index (Phi) is 2.88. The lowest BCUT2D eigenvalue weighted by molar-refractivity contribution is 1.31. The zero-order valence-electron chi connectivity index (χ0n) is 6.61. The summed E-state index contributed by atoms with van der Waals surface area (Å²) in [6, 6.07) is 8.10. The van der Waals surface area contributed by atoms with Crippen molar-refractivity contribution in [3.63, 3.8) is 0 Å². The Hall–Kier alpha value is -0.510. The Balaban J connectivity index is 2.38. The summed E-state index contributed by atoms with van der Waals surface area (Å²) in [4.78, 5) is 4.42. The summed E-state index contributed by atoms with van der Waals surface area (Å²) in [5, 5.41) is 1.82. The van der Waals surface area contributed by atoms with Gasteiger partial charge in [-0.3, -0.25) is 0 Å². The van der Waals surface area contributed by atoms with E-state index in [1.807, 2.05) is 23.6 Å². The molecule has 13 heavy (non-hydrogen) atoms. The van der Waals surface area contributed by atoms with Crippen LogP contribution in [0.15, 0.2) is 39.5 Å². The van der Waals surface area contributed by atoms with Crippen molar-refractivity contribution in [1.29, 1.82) is 0 Å². The van der Waals surface area contributed by atoms with E-state index in [4.69, 9.17) is 11.6 Å². The van der Waals surface area contributed by atoms with E-state index in [1.165, 1.54) is 10.2 Å². The van der Waals surface area contributed by atoms with Crippen molar-refractivity contribution < 1.29 is 0 Å². The zero-order chi connectivity index (χ0) is 9.10. The number of para-hydroxylation sites is 1. The average molecular weight is 228 g/mol. The van der Waals surface area contributed by atoms with E-state index in [2.05, 4.69) is 11.1 Å². The zero-order valence-corrected chi connectivity index (χ0v) is 8.99. The van der Waals surface area contributed by atoms with Crippen molar-refractivity contribution in [1.82, 2.24) is 4.98 Å². The summed E-state index contributed by atoms with van der Waals surface area (Å²) >= 11 is 8.65. The van der Waals surface area contributed by atoms with Crippen LogP contribution in [0.5, 0.6) is 0 Å². The molecular formula is C9H6ClNS2. The molecule has 0 aliphatic carbocycles. The fourth-order valence-electron chi connectivity index (χ4n) is 0.985. The molecule has 0 saturated heterocycles. The first-order chi connectivity index (χ1) is 6.40. The van der Waals surface area contributed by atoms with Crippen LogP contribution in [0.4, 0.5) is 0 Å². The van der Waals surface area contributed by atoms with Crippen LogP contribution in [-0.4, -0.2) is 4.98 Å². The lowest BCUT2D eigenvalue weighted by Crippen LogP contribution is -1.65. The van der Waals surface area contributed by atoms with Gasteiger partial charge in [0.2, 0.25) is 0 Å². The Labute approximate surface area is 89.4 Å². The molecule has 0 saturated carbocycles. The molecular weight excluding hydrogens is 222 g/mol. The lowest BCUT2D eigenvalue weighted by Gasteiger charge is -1.81. The van der Waals surface area contributed by atoms with Gasteiger partial charge < -0.3 is 0 Å². The maximum Gasteiger partial charge on any atom is 0.155 e. The van der Waals surface area contributed by atoms with Crippen LogP contribution in [0, 0.1) is 0 Å². The van der Waals surface area contributed by atoms with E-state index < -0.39 is 0 Å². The van der Waals surface area contributed by atoms with Crippen molar-refractivity contribution >= 4 is 44.9 Å². The molecule has 0 radical (unpaired) electrons. The van der Waals surface area contributed by atoms with Crippen molar-refractivity contribution in [2.45, 2.75) is 4.34 Å². The van der Waals surface area contributed by atoms with E-state index >= 15 is 0 Å². The number of aromatic nitrogens is 1. The predicted octanol–water partition coefficient (Wildman–Crippen LogP) is 4.10. The molecule has 0 amide bonds. The van der Waals surface area contributed by atoms with Gasteiger partial charge in [0, 0.05) is 5.54 Å². The highest BCUT2D eigenvalue weighted by Gasteiger charge is 2.00. The van der Waals surface area contributed by atoms with Crippen molar-refractivity contribution in [2.24, 2.45) is 0 Å². The summed E-state index contributed by atoms with van der Waals surface area (Å²) in [6.45, 7) is 0. The molecule has 2 aromatic rings. The summed E-state index contributed by atoms with van der Waals surface area (Å²) in [6.07, 6.45) is 0. The predicted molar refractivity (Wildman–Crippen MR) is 60.5 cm³/mol. The van der Waals surface area contributed by atoms with Crippen LogP contribution in [0.25, 0.3) is 10.2 Å². The van der Waals surface area contributed by atoms with Crippen LogP contribution in [0.2, 0.25) is 0 Å². The largest absolute Gasteiger partial charge is 0.229 e. The van der Waals surface area contributed by atoms with Crippen LogP contribution >= 0.6 is 34.7 Å². The molecule has 66 valence electrons. The number of thioether (sulfide) groups is 1. The second kappa shape index (κ2) is 4.13. The Morgan fingerprint density at radius 2 is 2.23 bits per heavy atom. The quantitative estimate of drug-likeness (QED) is 0.717. The number of hydrogen-bond acceptors (Lipinski definition) is 3. The lowest BCUT2D eigenvalue weighted by atomic mass is 10.3. The molecule has 1 heterocycles. The molecule has 0 bridgehead atoms. The molecule has 2 rings (SSSR count). The normalized spacial score (nSPS) is 11.5. The van der Waals surface area contributed by atoms with Gasteiger partial charge in [-0.05, 0) is 17.5 Å². The molecule has 0 atom stereocenters. The second-order valence-corrected chi connectivity index (χ2v) is 4.76. The molecule has 1 aromatic carbocycles. The van der Waals surface area contributed by atoms with Gasteiger partial charge in [0.05, 0.1) is 10.2 Å². The van der Waals surface area contributed by atoms with Gasteiger partial charge in [-0.25, -0.2) is 4.98 Å². The average Bonchev–Trinajstić information content (AvgIpc) is 2.57. The molecule has 0 fully saturated rings. The Morgan fingerprint density at radius 3 is 3.00 bits per heavy atom. The number of nitrogens with zero attached hydrogens (tertiary/aromatic N) is 1. The molecule has 0 N–H and O–H groups in total. The van der Waals surface area contributed by atoms with E-state index in [9.17, 15) is 0 Å². The van der Waals surface area contributed by atoms with Crippen molar-refractivity contribution in [3.8, 4) is 0 Å². The SMILES string of the molecule is Cl/C=C/Sc1nc2ccccc2s1. The highest BCUT2D eigenvalue weighted by atomic mass is 35.5. The van der Waals surface area contributed by atoms with Crippen molar-refractivity contribution in [2.75, 3.05) is 0 Å². The first kappa shape index (κ1) is 9.06. The molecule has 4 heteroatoms. The topological polar surface area (TPSA) is 12.9 Å². The molecule has 1 aromatic heterocycles. The third kappa shape index (κ3) is 2.05. The van der Waals surface area contributed by atoms with Gasteiger partial charge >= 0.3 is 0 Å². The number of benzene rings is 1. The van der Waals surface area contributed by atoms with Gasteiger partial charge in [-0.2, -0.15) is 0 Å². The Bertz CT molecular complexity index is 403. The number of hydrogen-bond donors (Lipinski definition) is 0. The molecule has 0 unspecified atom stereocenters. The highest BCUT2D eigenvalue weighted by molar-refractivity contribution is 8.03. The molecule has 0 spiro atoms. The van der Waals surface area contributed by atoms with Gasteiger partial charge in [0.25, 0.3) is 0 Å². The van der Waals surface area contributed by atoms with Crippen LogP contribution in [0.1, 0.15) is 0 Å². The van der Waals surface area contributed by atoms with Crippen LogP contribution < -0.4 is 0 Å². The molecule has 0 aliphatic rings. The first-order valence-corrected chi connectivity index (χ1v) is 5.81. The third-order valence-corrected chi connectivity index (χ3v) is 3.70. The minimum absolute atomic E-state index is 1.03. The van der Waals surface area contributed by atoms with E-state index in [0.717, 1.165) is 9.86 Å². The summed E-state index contributed by atoms with van der Waals surface area (Å²) in [5.74, 6) is 0. The first-order valence-electron chi connectivity index (χ1n) is 3.67. The maximum atomic E-state index is 5.43. The van der Waals surface area contributed by atoms with Crippen molar-refractivity contribution in [3.05, 3.63) is 35.2 Å². The second-order valence-electron chi connectivity index (χ2n) is 2.33. The smallest absolute Gasteiger partial charge is 0.155 e. The number of thiazole rings is 1. The monoisotopic (exact) mass is 227 g/mol. The summed E-state index contributed by atoms with van der Waals surface area (Å²) in [5.41, 5.74) is 2.55. The van der Waals surface area contributed by atoms with Gasteiger partial charge in [0.1, 0.15) is 0 Å². The maximum absolute atomic E-state index is 5.43. The van der Waals surface area contributed by atoms with Gasteiger partial charge in [-0.15, -0.1) is 11.3 Å². The van der Waals surface area contributed by atoms with Gasteiger partial charge in [-0.1, -0.05) is 35.5 Å². The third-order valence-electron chi connectivity index (χ3n) is 1.49. The van der Waals surface area contributed by atoms with E-state index in [0.29, 0.717) is 0 Å². The minimum Gasteiger partial charge on any atom is -0.229 e. The fourth-order valence-corrected chi connectivity index (χ4v) is 2.78. The van der Waals surface area contributed by atoms with E-state index in [1.54, 1.807) is 23.1 Å². The number of fused-ring (bicyclic) bond motifs is 1. The molecule has 0 aliphatic heterocycles. The minimum atomic E-state index is 1.03. The highest BCUT2D eigenvalue weighted by Crippen LogP contribution is 2.29. The van der Waals surface area contributed by atoms with E-state index in [-0.39, 0.29) is 0 Å². The van der Waals surface area contributed by atoms with Gasteiger partial charge in [0.15, 0.2) is 4.34 Å². The van der Waals surface area contributed by atoms with Crippen LogP contribution in [0.3, 0.4) is 0 Å². The van der Waals surface area contributed by atoms with Crippen LogP contribution in [-0.2, 0) is 0 Å². The standard InChI is InChI=1S/C9H6ClNS2/c10-5-6-12-9-11-7-3-1-2-4-8(7)13-9/h1-6H/b6-5+. The molecule has 1 nitrogen and oxygen atoms in total. The number of halogens is 1. The summed E-state index contributed by atoms with van der Waals surface area (Å²) in [7, 11) is 0. The number of rotatable bonds is 2. The Morgan fingerprint density at radius 1 is 1.38 bits per heavy atom.